The summed E-state index contributed by atoms with van der Waals surface area (Å²) in [6.45, 7) is 2.62. The minimum absolute atomic E-state index is 0.262. The summed E-state index contributed by atoms with van der Waals surface area (Å²) in [5.74, 6) is 0.653. The number of ether oxygens (including phenoxy) is 1. The number of urea groups is 1. The van der Waals surface area contributed by atoms with Gasteiger partial charge in [-0.1, -0.05) is 6.92 Å². The quantitative estimate of drug-likeness (QED) is 0.681. The molecule has 0 spiro atoms. The maximum absolute atomic E-state index is 11.4. The van der Waals surface area contributed by atoms with E-state index in [9.17, 15) is 4.79 Å². The summed E-state index contributed by atoms with van der Waals surface area (Å²) in [5, 5.41) is 5.36. The maximum atomic E-state index is 11.4. The topological polar surface area (TPSA) is 76.4 Å². The van der Waals surface area contributed by atoms with Gasteiger partial charge in [-0.3, -0.25) is 0 Å². The number of nitrogens with two attached hydrogens (primary N) is 1. The summed E-state index contributed by atoms with van der Waals surface area (Å²) >= 11 is 0. The normalized spacial score (nSPS) is 9.62. The summed E-state index contributed by atoms with van der Waals surface area (Å²) in [4.78, 5) is 11.4. The van der Waals surface area contributed by atoms with Crippen LogP contribution >= 0.6 is 0 Å². The van der Waals surface area contributed by atoms with Crippen molar-refractivity contribution in [2.24, 2.45) is 0 Å². The van der Waals surface area contributed by atoms with Gasteiger partial charge in [-0.2, -0.15) is 0 Å². The van der Waals surface area contributed by atoms with Crippen molar-refractivity contribution in [1.29, 1.82) is 0 Å². The molecule has 5 heteroatoms. The van der Waals surface area contributed by atoms with Crippen LogP contribution in [0.25, 0.3) is 0 Å². The molecule has 4 N–H and O–H groups in total. The van der Waals surface area contributed by atoms with E-state index in [0.717, 1.165) is 6.42 Å². The SMILES string of the molecule is CCCNC(=O)Nc1cc(OC)ccc1N. The van der Waals surface area contributed by atoms with Gasteiger partial charge in [0.05, 0.1) is 18.5 Å². The molecule has 0 saturated heterocycles. The zero-order valence-electron chi connectivity index (χ0n) is 9.54. The molecule has 0 bridgehead atoms. The minimum atomic E-state index is -0.262. The van der Waals surface area contributed by atoms with Crippen LogP contribution in [0.4, 0.5) is 16.2 Å². The summed E-state index contributed by atoms with van der Waals surface area (Å²) in [6, 6.07) is 4.85. The summed E-state index contributed by atoms with van der Waals surface area (Å²) in [6.07, 6.45) is 0.890. The van der Waals surface area contributed by atoms with E-state index in [1.165, 1.54) is 0 Å². The molecule has 0 aliphatic carbocycles. The molecule has 1 aromatic rings. The second-order valence-electron chi connectivity index (χ2n) is 3.33. The molecule has 0 radical (unpaired) electrons. The van der Waals surface area contributed by atoms with Crippen molar-refractivity contribution in [3.63, 3.8) is 0 Å². The molecule has 0 fully saturated rings. The predicted molar refractivity (Wildman–Crippen MR) is 64.7 cm³/mol. The Bertz CT molecular complexity index is 366. The molecule has 0 saturated carbocycles. The third kappa shape index (κ3) is 3.34. The van der Waals surface area contributed by atoms with E-state index in [-0.39, 0.29) is 6.03 Å². The lowest BCUT2D eigenvalue weighted by atomic mass is 10.2. The standard InChI is InChI=1S/C11H17N3O2/c1-3-6-13-11(15)14-10-7-8(16-2)4-5-9(10)12/h4-5,7H,3,6,12H2,1-2H3,(H2,13,14,15). The molecule has 0 aromatic heterocycles. The lowest BCUT2D eigenvalue weighted by molar-refractivity contribution is 0.252. The van der Waals surface area contributed by atoms with Crippen LogP contribution in [0.15, 0.2) is 18.2 Å². The van der Waals surface area contributed by atoms with Crippen molar-refractivity contribution in [3.8, 4) is 5.75 Å². The molecular formula is C11H17N3O2. The average molecular weight is 223 g/mol. The highest BCUT2D eigenvalue weighted by Gasteiger charge is 2.05. The first-order chi connectivity index (χ1) is 7.67. The van der Waals surface area contributed by atoms with Crippen LogP contribution in [0.3, 0.4) is 0 Å². The Hall–Kier alpha value is -1.91. The monoisotopic (exact) mass is 223 g/mol. The number of methoxy groups -OCH3 is 1. The van der Waals surface area contributed by atoms with Gasteiger partial charge in [0.1, 0.15) is 5.75 Å². The number of nitrogens with one attached hydrogen (secondary N) is 2. The Balaban J connectivity index is 2.68. The molecule has 0 atom stereocenters. The fourth-order valence-electron chi connectivity index (χ4n) is 1.18. The van der Waals surface area contributed by atoms with Crippen LogP contribution < -0.4 is 21.1 Å². The van der Waals surface area contributed by atoms with Gasteiger partial charge in [-0.25, -0.2) is 4.79 Å². The van der Waals surface area contributed by atoms with E-state index in [0.29, 0.717) is 23.7 Å². The average Bonchev–Trinajstić information content (AvgIpc) is 2.29. The van der Waals surface area contributed by atoms with Crippen LogP contribution in [-0.4, -0.2) is 19.7 Å². The van der Waals surface area contributed by atoms with E-state index in [1.54, 1.807) is 25.3 Å². The molecule has 1 aromatic carbocycles. The van der Waals surface area contributed by atoms with Gasteiger partial charge in [0, 0.05) is 12.6 Å². The molecule has 0 heterocycles. The molecule has 16 heavy (non-hydrogen) atoms. The molecule has 0 unspecified atom stereocenters. The third-order valence-electron chi connectivity index (χ3n) is 2.04. The first kappa shape index (κ1) is 12.2. The zero-order valence-corrected chi connectivity index (χ0v) is 9.54. The van der Waals surface area contributed by atoms with Gasteiger partial charge in [0.25, 0.3) is 0 Å². The molecule has 0 aliphatic rings. The van der Waals surface area contributed by atoms with E-state index >= 15 is 0 Å². The van der Waals surface area contributed by atoms with Gasteiger partial charge in [0.15, 0.2) is 0 Å². The van der Waals surface area contributed by atoms with E-state index < -0.39 is 0 Å². The number of hydrogen-bond donors (Lipinski definition) is 3. The minimum Gasteiger partial charge on any atom is -0.497 e. The molecule has 0 aliphatic heterocycles. The van der Waals surface area contributed by atoms with Gasteiger partial charge in [0.2, 0.25) is 0 Å². The number of rotatable bonds is 4. The highest BCUT2D eigenvalue weighted by Crippen LogP contribution is 2.24. The second kappa shape index (κ2) is 5.85. The number of carbonyl (C=O) groups excluding carboxylic acids is 1. The lowest BCUT2D eigenvalue weighted by Crippen LogP contribution is -2.29. The van der Waals surface area contributed by atoms with E-state index in [2.05, 4.69) is 10.6 Å². The Labute approximate surface area is 95.0 Å². The van der Waals surface area contributed by atoms with Crippen LogP contribution in [0.2, 0.25) is 0 Å². The summed E-state index contributed by atoms with van der Waals surface area (Å²) in [7, 11) is 1.56. The van der Waals surface area contributed by atoms with Crippen molar-refractivity contribution in [1.82, 2.24) is 5.32 Å². The molecule has 2 amide bonds. The lowest BCUT2D eigenvalue weighted by Gasteiger charge is -2.10. The Kier molecular flexibility index (Phi) is 4.44. The molecule has 1 rings (SSSR count). The van der Waals surface area contributed by atoms with Crippen molar-refractivity contribution in [2.75, 3.05) is 24.7 Å². The van der Waals surface area contributed by atoms with Gasteiger partial charge >= 0.3 is 6.03 Å². The second-order valence-corrected chi connectivity index (χ2v) is 3.33. The largest absolute Gasteiger partial charge is 0.497 e. The van der Waals surface area contributed by atoms with Crippen molar-refractivity contribution in [2.45, 2.75) is 13.3 Å². The third-order valence-corrected chi connectivity index (χ3v) is 2.04. The van der Waals surface area contributed by atoms with E-state index in [1.807, 2.05) is 6.92 Å². The highest BCUT2D eigenvalue weighted by molar-refractivity contribution is 5.92. The number of nitrogen functional groups attached to an aromatic ring is 1. The number of benzene rings is 1. The van der Waals surface area contributed by atoms with Crippen molar-refractivity contribution >= 4 is 17.4 Å². The van der Waals surface area contributed by atoms with Crippen LogP contribution in [0, 0.1) is 0 Å². The molecular weight excluding hydrogens is 206 g/mol. The number of amides is 2. The smallest absolute Gasteiger partial charge is 0.319 e. The maximum Gasteiger partial charge on any atom is 0.319 e. The van der Waals surface area contributed by atoms with Gasteiger partial charge < -0.3 is 21.1 Å². The van der Waals surface area contributed by atoms with E-state index in [4.69, 9.17) is 10.5 Å². The Morgan fingerprint density at radius 1 is 1.50 bits per heavy atom. The van der Waals surface area contributed by atoms with Gasteiger partial charge in [-0.05, 0) is 18.6 Å². The van der Waals surface area contributed by atoms with Crippen LogP contribution in [-0.2, 0) is 0 Å². The summed E-state index contributed by atoms with van der Waals surface area (Å²) < 4.78 is 5.05. The number of hydrogen-bond acceptors (Lipinski definition) is 3. The predicted octanol–water partition coefficient (Wildman–Crippen LogP) is 1.81. The number of carbonyl (C=O) groups is 1. The molecule has 5 nitrogen and oxygen atoms in total. The fraction of sp³-hybridized carbons (Fsp3) is 0.364. The Morgan fingerprint density at radius 2 is 2.25 bits per heavy atom. The van der Waals surface area contributed by atoms with Crippen molar-refractivity contribution < 1.29 is 9.53 Å². The summed E-state index contributed by atoms with van der Waals surface area (Å²) in [5.41, 5.74) is 6.78. The van der Waals surface area contributed by atoms with Crippen molar-refractivity contribution in [3.05, 3.63) is 18.2 Å². The van der Waals surface area contributed by atoms with Crippen LogP contribution in [0.1, 0.15) is 13.3 Å². The van der Waals surface area contributed by atoms with Crippen LogP contribution in [0.5, 0.6) is 5.75 Å². The first-order valence-corrected chi connectivity index (χ1v) is 5.15. The number of anilines is 2. The highest BCUT2D eigenvalue weighted by atomic mass is 16.5. The Morgan fingerprint density at radius 3 is 2.88 bits per heavy atom. The first-order valence-electron chi connectivity index (χ1n) is 5.15. The zero-order chi connectivity index (χ0) is 12.0. The molecule has 88 valence electrons. The van der Waals surface area contributed by atoms with Gasteiger partial charge in [-0.15, -0.1) is 0 Å². The fourth-order valence-corrected chi connectivity index (χ4v) is 1.18.